The summed E-state index contributed by atoms with van der Waals surface area (Å²) in [5.41, 5.74) is 7.54. The molecule has 0 spiro atoms. The van der Waals surface area contributed by atoms with Crippen molar-refractivity contribution < 1.29 is 4.79 Å². The van der Waals surface area contributed by atoms with Crippen LogP contribution in [0.25, 0.3) is 10.9 Å². The van der Waals surface area contributed by atoms with Crippen molar-refractivity contribution in [1.29, 1.82) is 0 Å². The number of nitrogens with zero attached hydrogens (tertiary/aromatic N) is 1. The van der Waals surface area contributed by atoms with Gasteiger partial charge in [0.05, 0.1) is 11.1 Å². The molecule has 1 amide bonds. The Morgan fingerprint density at radius 2 is 2.14 bits per heavy atom. The molecular weight excluding hydrogens is 262 g/mol. The zero-order valence-corrected chi connectivity index (χ0v) is 12.1. The number of amides is 1. The fraction of sp³-hybridized carbons (Fsp3) is 0.412. The summed E-state index contributed by atoms with van der Waals surface area (Å²) in [5.74, 6) is 0.485. The maximum Gasteiger partial charge on any atom is 0.252 e. The number of hydrogen-bond acceptors (Lipinski definition) is 3. The Balaban J connectivity index is 1.69. The number of rotatable bonds is 3. The van der Waals surface area contributed by atoms with E-state index in [2.05, 4.69) is 10.3 Å². The van der Waals surface area contributed by atoms with Crippen LogP contribution in [0.15, 0.2) is 36.5 Å². The van der Waals surface area contributed by atoms with Crippen LogP contribution >= 0.6 is 0 Å². The van der Waals surface area contributed by atoms with Gasteiger partial charge in [-0.3, -0.25) is 9.78 Å². The van der Waals surface area contributed by atoms with Crippen LogP contribution in [0.3, 0.4) is 0 Å². The number of para-hydroxylation sites is 1. The second kappa shape index (κ2) is 6.22. The van der Waals surface area contributed by atoms with Crippen LogP contribution in [-0.2, 0) is 0 Å². The summed E-state index contributed by atoms with van der Waals surface area (Å²) < 4.78 is 0. The van der Waals surface area contributed by atoms with Crippen LogP contribution in [0.4, 0.5) is 0 Å². The Labute approximate surface area is 124 Å². The monoisotopic (exact) mass is 283 g/mol. The topological polar surface area (TPSA) is 68.0 Å². The molecule has 0 radical (unpaired) electrons. The van der Waals surface area contributed by atoms with E-state index in [1.54, 1.807) is 12.3 Å². The first kappa shape index (κ1) is 14.0. The van der Waals surface area contributed by atoms with Crippen molar-refractivity contribution in [2.75, 3.05) is 6.54 Å². The van der Waals surface area contributed by atoms with Gasteiger partial charge in [0.2, 0.25) is 0 Å². The van der Waals surface area contributed by atoms with Gasteiger partial charge < -0.3 is 11.1 Å². The zero-order valence-electron chi connectivity index (χ0n) is 12.1. The minimum atomic E-state index is -0.0206. The quantitative estimate of drug-likeness (QED) is 0.909. The summed E-state index contributed by atoms with van der Waals surface area (Å²) in [6.45, 7) is 0.711. The van der Waals surface area contributed by atoms with Gasteiger partial charge in [0.15, 0.2) is 0 Å². The van der Waals surface area contributed by atoms with E-state index in [0.717, 1.165) is 30.2 Å². The van der Waals surface area contributed by atoms with Crippen molar-refractivity contribution >= 4 is 16.8 Å². The van der Waals surface area contributed by atoms with Crippen molar-refractivity contribution in [2.24, 2.45) is 11.7 Å². The largest absolute Gasteiger partial charge is 0.352 e. The van der Waals surface area contributed by atoms with Gasteiger partial charge in [0.25, 0.3) is 5.91 Å². The number of carbonyl (C=O) groups is 1. The number of hydrogen-bond donors (Lipinski definition) is 2. The van der Waals surface area contributed by atoms with Gasteiger partial charge >= 0.3 is 0 Å². The van der Waals surface area contributed by atoms with E-state index < -0.39 is 0 Å². The van der Waals surface area contributed by atoms with Gasteiger partial charge in [0, 0.05) is 24.2 Å². The molecule has 0 saturated heterocycles. The van der Waals surface area contributed by atoms with Crippen molar-refractivity contribution in [3.63, 3.8) is 0 Å². The number of nitrogens with two attached hydrogens (primary N) is 1. The number of fused-ring (bicyclic) bond motifs is 1. The predicted octanol–water partition coefficient (Wildman–Crippen LogP) is 2.48. The molecule has 2 unspecified atom stereocenters. The number of pyridine rings is 1. The summed E-state index contributed by atoms with van der Waals surface area (Å²) >= 11 is 0. The third kappa shape index (κ3) is 3.22. The molecule has 1 fully saturated rings. The molecule has 110 valence electrons. The molecule has 21 heavy (non-hydrogen) atoms. The first-order valence-electron chi connectivity index (χ1n) is 7.61. The van der Waals surface area contributed by atoms with Crippen LogP contribution in [0.1, 0.15) is 36.0 Å². The maximum absolute atomic E-state index is 12.4. The van der Waals surface area contributed by atoms with E-state index in [-0.39, 0.29) is 5.91 Å². The molecular formula is C17H21N3O. The second-order valence-electron chi connectivity index (χ2n) is 5.88. The number of nitrogens with one attached hydrogen (secondary N) is 1. The Hall–Kier alpha value is -1.94. The highest BCUT2D eigenvalue weighted by molar-refractivity contribution is 6.05. The van der Waals surface area contributed by atoms with E-state index in [9.17, 15) is 4.79 Å². The van der Waals surface area contributed by atoms with Crippen LogP contribution < -0.4 is 11.1 Å². The van der Waals surface area contributed by atoms with Gasteiger partial charge in [-0.1, -0.05) is 24.6 Å². The maximum atomic E-state index is 12.4. The lowest BCUT2D eigenvalue weighted by Crippen LogP contribution is -2.35. The number of aromatic nitrogens is 1. The van der Waals surface area contributed by atoms with Crippen molar-refractivity contribution in [3.8, 4) is 0 Å². The molecule has 3 N–H and O–H groups in total. The Morgan fingerprint density at radius 3 is 3.00 bits per heavy atom. The predicted molar refractivity (Wildman–Crippen MR) is 84.0 cm³/mol. The van der Waals surface area contributed by atoms with E-state index >= 15 is 0 Å². The van der Waals surface area contributed by atoms with Gasteiger partial charge in [-0.25, -0.2) is 0 Å². The van der Waals surface area contributed by atoms with E-state index in [1.165, 1.54) is 6.42 Å². The third-order valence-electron chi connectivity index (χ3n) is 4.27. The molecule has 1 heterocycles. The van der Waals surface area contributed by atoms with E-state index in [0.29, 0.717) is 24.1 Å². The Bertz CT molecular complexity index is 635. The van der Waals surface area contributed by atoms with E-state index in [4.69, 9.17) is 5.73 Å². The van der Waals surface area contributed by atoms with Gasteiger partial charge in [-0.2, -0.15) is 0 Å². The minimum Gasteiger partial charge on any atom is -0.352 e. The average molecular weight is 283 g/mol. The van der Waals surface area contributed by atoms with Crippen LogP contribution in [-0.4, -0.2) is 23.5 Å². The lowest BCUT2D eigenvalue weighted by molar-refractivity contribution is 0.0944. The normalized spacial score (nSPS) is 22.1. The molecule has 3 rings (SSSR count). The lowest BCUT2D eigenvalue weighted by atomic mass is 9.86. The number of carbonyl (C=O) groups excluding carboxylic acids is 1. The van der Waals surface area contributed by atoms with Crippen molar-refractivity contribution in [3.05, 3.63) is 42.1 Å². The van der Waals surface area contributed by atoms with Gasteiger partial charge in [-0.15, -0.1) is 0 Å². The minimum absolute atomic E-state index is 0.0206. The van der Waals surface area contributed by atoms with Crippen molar-refractivity contribution in [2.45, 2.75) is 31.7 Å². The molecule has 4 heteroatoms. The third-order valence-corrected chi connectivity index (χ3v) is 4.27. The Morgan fingerprint density at radius 1 is 1.29 bits per heavy atom. The highest BCUT2D eigenvalue weighted by Gasteiger charge is 2.20. The molecule has 1 saturated carbocycles. The fourth-order valence-electron chi connectivity index (χ4n) is 3.14. The summed E-state index contributed by atoms with van der Waals surface area (Å²) in [5, 5.41) is 3.96. The zero-order chi connectivity index (χ0) is 14.7. The molecule has 1 aliphatic rings. The van der Waals surface area contributed by atoms with Crippen LogP contribution in [0.2, 0.25) is 0 Å². The van der Waals surface area contributed by atoms with E-state index in [1.807, 2.05) is 24.3 Å². The highest BCUT2D eigenvalue weighted by Crippen LogP contribution is 2.22. The summed E-state index contributed by atoms with van der Waals surface area (Å²) in [6.07, 6.45) is 6.13. The average Bonchev–Trinajstić information content (AvgIpc) is 2.52. The molecule has 1 aromatic carbocycles. The molecule has 0 aliphatic heterocycles. The first-order chi connectivity index (χ1) is 10.2. The first-order valence-corrected chi connectivity index (χ1v) is 7.61. The van der Waals surface area contributed by atoms with Crippen molar-refractivity contribution in [1.82, 2.24) is 10.3 Å². The molecule has 0 bridgehead atoms. The molecule has 4 nitrogen and oxygen atoms in total. The summed E-state index contributed by atoms with van der Waals surface area (Å²) in [4.78, 5) is 16.7. The molecule has 1 aromatic heterocycles. The summed E-state index contributed by atoms with van der Waals surface area (Å²) in [7, 11) is 0. The summed E-state index contributed by atoms with van der Waals surface area (Å²) in [6, 6.07) is 9.80. The smallest absolute Gasteiger partial charge is 0.252 e. The highest BCUT2D eigenvalue weighted by atomic mass is 16.1. The SMILES string of the molecule is NC1CCCC(CNC(=O)c2ccnc3ccccc23)C1. The fourth-order valence-corrected chi connectivity index (χ4v) is 3.14. The van der Waals surface area contributed by atoms with Gasteiger partial charge in [-0.05, 0) is 37.3 Å². The number of benzene rings is 1. The van der Waals surface area contributed by atoms with Gasteiger partial charge in [0.1, 0.15) is 0 Å². The Kier molecular flexibility index (Phi) is 4.15. The molecule has 2 atom stereocenters. The lowest BCUT2D eigenvalue weighted by Gasteiger charge is -2.26. The molecule has 2 aromatic rings. The second-order valence-corrected chi connectivity index (χ2v) is 5.88. The standard InChI is InChI=1S/C17H21N3O/c18-13-5-3-4-12(10-13)11-20-17(21)15-8-9-19-16-7-2-1-6-14(15)16/h1-2,6-9,12-13H,3-5,10-11,18H2,(H,20,21). The van der Waals surface area contributed by atoms with Crippen LogP contribution in [0.5, 0.6) is 0 Å². The van der Waals surface area contributed by atoms with Crippen LogP contribution in [0, 0.1) is 5.92 Å². The molecule has 1 aliphatic carbocycles.